The number of hydrogen-bond donors (Lipinski definition) is 1. The first kappa shape index (κ1) is 21.5. The van der Waals surface area contributed by atoms with Crippen LogP contribution in [0.5, 0.6) is 0 Å². The van der Waals surface area contributed by atoms with E-state index in [0.717, 1.165) is 33.7 Å². The standard InChI is InChI=1S/C24H20N8OS/c1-2-21-29-32(24(34-21)26-23(33)20-9-5-6-14-25-20)15-16-10-12-17(13-11-16)18-7-3-4-8-19(18)22-27-30-31-28-22/h3-14H,2,15H2,1H3,(H,27,28,30,31). The van der Waals surface area contributed by atoms with Crippen LogP contribution in [0, 0.1) is 0 Å². The molecule has 2 aromatic carbocycles. The van der Waals surface area contributed by atoms with Crippen molar-refractivity contribution < 1.29 is 4.79 Å². The van der Waals surface area contributed by atoms with Gasteiger partial charge in [-0.25, -0.2) is 4.68 Å². The van der Waals surface area contributed by atoms with Crippen molar-refractivity contribution in [1.82, 2.24) is 35.4 Å². The number of tetrazole rings is 1. The van der Waals surface area contributed by atoms with Gasteiger partial charge in [-0.2, -0.15) is 15.3 Å². The highest BCUT2D eigenvalue weighted by Gasteiger charge is 2.12. The van der Waals surface area contributed by atoms with Crippen molar-refractivity contribution >= 4 is 17.2 Å². The second kappa shape index (κ2) is 9.67. The molecule has 168 valence electrons. The van der Waals surface area contributed by atoms with Crippen molar-refractivity contribution in [2.75, 3.05) is 0 Å². The smallest absolute Gasteiger partial charge is 0.265 e. The Morgan fingerprint density at radius 2 is 1.82 bits per heavy atom. The Labute approximate surface area is 198 Å². The summed E-state index contributed by atoms with van der Waals surface area (Å²) >= 11 is 1.42. The first-order valence-electron chi connectivity index (χ1n) is 10.7. The Morgan fingerprint density at radius 1 is 1.03 bits per heavy atom. The van der Waals surface area contributed by atoms with E-state index in [-0.39, 0.29) is 5.91 Å². The van der Waals surface area contributed by atoms with Crippen LogP contribution in [-0.4, -0.2) is 41.3 Å². The lowest BCUT2D eigenvalue weighted by molar-refractivity contribution is 0.0993. The van der Waals surface area contributed by atoms with Crippen molar-refractivity contribution in [3.63, 3.8) is 0 Å². The third-order valence-corrected chi connectivity index (χ3v) is 6.25. The lowest BCUT2D eigenvalue weighted by Gasteiger charge is -2.08. The molecular formula is C24H20N8OS. The van der Waals surface area contributed by atoms with Gasteiger partial charge in [-0.05, 0) is 40.5 Å². The van der Waals surface area contributed by atoms with Gasteiger partial charge in [-0.1, -0.05) is 72.9 Å². The first-order valence-corrected chi connectivity index (χ1v) is 11.5. The molecule has 1 amide bonds. The van der Waals surface area contributed by atoms with Crippen LogP contribution < -0.4 is 4.80 Å². The number of H-pyrrole nitrogens is 1. The summed E-state index contributed by atoms with van der Waals surface area (Å²) in [5, 5.41) is 20.0. The van der Waals surface area contributed by atoms with E-state index in [0.29, 0.717) is 22.9 Å². The van der Waals surface area contributed by atoms with E-state index in [4.69, 9.17) is 0 Å². The number of aromatic nitrogens is 7. The number of carbonyl (C=O) groups is 1. The quantitative estimate of drug-likeness (QED) is 0.408. The van der Waals surface area contributed by atoms with Gasteiger partial charge in [-0.15, -0.1) is 10.2 Å². The minimum absolute atomic E-state index is 0.310. The van der Waals surface area contributed by atoms with Gasteiger partial charge < -0.3 is 0 Å². The van der Waals surface area contributed by atoms with E-state index in [9.17, 15) is 4.79 Å². The van der Waals surface area contributed by atoms with Gasteiger partial charge in [0.15, 0.2) is 0 Å². The van der Waals surface area contributed by atoms with Crippen LogP contribution in [-0.2, 0) is 13.0 Å². The average Bonchev–Trinajstić information content (AvgIpc) is 3.56. The molecule has 3 aromatic heterocycles. The zero-order valence-corrected chi connectivity index (χ0v) is 19.1. The fourth-order valence-electron chi connectivity index (χ4n) is 3.48. The molecule has 0 saturated carbocycles. The fourth-order valence-corrected chi connectivity index (χ4v) is 4.32. The number of nitrogens with zero attached hydrogens (tertiary/aromatic N) is 7. The summed E-state index contributed by atoms with van der Waals surface area (Å²) in [6, 6.07) is 21.3. The van der Waals surface area contributed by atoms with Crippen LogP contribution in [0.4, 0.5) is 0 Å². The number of hydrogen-bond acceptors (Lipinski definition) is 7. The maximum Gasteiger partial charge on any atom is 0.298 e. The summed E-state index contributed by atoms with van der Waals surface area (Å²) < 4.78 is 1.77. The molecule has 1 N–H and O–H groups in total. The van der Waals surface area contributed by atoms with Crippen LogP contribution in [0.1, 0.15) is 28.0 Å². The minimum atomic E-state index is -0.380. The molecular weight excluding hydrogens is 448 g/mol. The highest BCUT2D eigenvalue weighted by atomic mass is 32.1. The maximum atomic E-state index is 12.6. The molecule has 3 heterocycles. The topological polar surface area (TPSA) is 115 Å². The molecule has 34 heavy (non-hydrogen) atoms. The van der Waals surface area contributed by atoms with E-state index < -0.39 is 0 Å². The summed E-state index contributed by atoms with van der Waals surface area (Å²) in [6.07, 6.45) is 2.35. The molecule has 0 atom stereocenters. The Hall–Kier alpha value is -4.31. The molecule has 0 bridgehead atoms. The molecule has 0 fully saturated rings. The number of rotatable bonds is 6. The summed E-state index contributed by atoms with van der Waals surface area (Å²) in [6.45, 7) is 2.53. The predicted molar refractivity (Wildman–Crippen MR) is 128 cm³/mol. The Morgan fingerprint density at radius 3 is 2.53 bits per heavy atom. The zero-order valence-electron chi connectivity index (χ0n) is 18.3. The second-order valence-corrected chi connectivity index (χ2v) is 8.44. The molecule has 10 heteroatoms. The molecule has 0 aliphatic carbocycles. The number of pyridine rings is 1. The Bertz CT molecular complexity index is 1470. The molecule has 0 spiro atoms. The Kier molecular flexibility index (Phi) is 6.13. The molecule has 0 radical (unpaired) electrons. The number of amides is 1. The van der Waals surface area contributed by atoms with Crippen molar-refractivity contribution in [3.8, 4) is 22.5 Å². The van der Waals surface area contributed by atoms with Crippen molar-refractivity contribution in [2.45, 2.75) is 19.9 Å². The molecule has 0 aliphatic rings. The monoisotopic (exact) mass is 468 g/mol. The number of aromatic amines is 1. The van der Waals surface area contributed by atoms with Gasteiger partial charge in [-0.3, -0.25) is 9.78 Å². The molecule has 0 unspecified atom stereocenters. The molecule has 0 aliphatic heterocycles. The molecule has 5 aromatic rings. The van der Waals surface area contributed by atoms with Gasteiger partial charge in [0.1, 0.15) is 10.7 Å². The van der Waals surface area contributed by atoms with Crippen LogP contribution >= 0.6 is 11.3 Å². The first-order chi connectivity index (χ1) is 16.7. The zero-order chi connectivity index (χ0) is 23.3. The average molecular weight is 469 g/mol. The second-order valence-electron chi connectivity index (χ2n) is 7.40. The van der Waals surface area contributed by atoms with E-state index >= 15 is 0 Å². The molecule has 5 rings (SSSR count). The summed E-state index contributed by atoms with van der Waals surface area (Å²) in [5.41, 5.74) is 4.31. The van der Waals surface area contributed by atoms with Gasteiger partial charge in [0.2, 0.25) is 10.6 Å². The largest absolute Gasteiger partial charge is 0.298 e. The van der Waals surface area contributed by atoms with Gasteiger partial charge in [0, 0.05) is 11.8 Å². The third-order valence-electron chi connectivity index (χ3n) is 5.16. The van der Waals surface area contributed by atoms with Crippen molar-refractivity contribution in [3.05, 3.63) is 94.0 Å². The van der Waals surface area contributed by atoms with Crippen molar-refractivity contribution in [2.24, 2.45) is 4.99 Å². The van der Waals surface area contributed by atoms with Crippen LogP contribution in [0.15, 0.2) is 77.9 Å². The number of carbonyl (C=O) groups excluding carboxylic acids is 1. The van der Waals surface area contributed by atoms with E-state index in [2.05, 4.69) is 47.8 Å². The number of aryl methyl sites for hydroxylation is 1. The SMILES string of the molecule is CCc1nn(Cc2ccc(-c3ccccc3-c3nn[nH]n3)cc2)c(=NC(=O)c2ccccn2)s1. The fraction of sp³-hybridized carbons (Fsp3) is 0.125. The summed E-state index contributed by atoms with van der Waals surface area (Å²) in [7, 11) is 0. The van der Waals surface area contributed by atoms with E-state index in [1.807, 2.05) is 43.3 Å². The van der Waals surface area contributed by atoms with E-state index in [1.165, 1.54) is 11.3 Å². The number of nitrogens with one attached hydrogen (secondary N) is 1. The van der Waals surface area contributed by atoms with Gasteiger partial charge in [0.25, 0.3) is 5.91 Å². The molecule has 9 nitrogen and oxygen atoms in total. The minimum Gasteiger partial charge on any atom is -0.265 e. The van der Waals surface area contributed by atoms with Gasteiger partial charge >= 0.3 is 0 Å². The lowest BCUT2D eigenvalue weighted by atomic mass is 9.98. The lowest BCUT2D eigenvalue weighted by Crippen LogP contribution is -2.19. The number of benzene rings is 2. The summed E-state index contributed by atoms with van der Waals surface area (Å²) in [5.74, 6) is 0.169. The maximum absolute atomic E-state index is 12.6. The summed E-state index contributed by atoms with van der Waals surface area (Å²) in [4.78, 5) is 21.5. The van der Waals surface area contributed by atoms with Crippen molar-refractivity contribution in [1.29, 1.82) is 0 Å². The van der Waals surface area contributed by atoms with Crippen LogP contribution in [0.25, 0.3) is 22.5 Å². The third kappa shape index (κ3) is 4.57. The Balaban J connectivity index is 1.43. The van der Waals surface area contributed by atoms with E-state index in [1.54, 1.807) is 29.1 Å². The van der Waals surface area contributed by atoms with Crippen LogP contribution in [0.2, 0.25) is 0 Å². The highest BCUT2D eigenvalue weighted by Crippen LogP contribution is 2.29. The predicted octanol–water partition coefficient (Wildman–Crippen LogP) is 3.54. The van der Waals surface area contributed by atoms with Crippen LogP contribution in [0.3, 0.4) is 0 Å². The normalized spacial score (nSPS) is 11.6. The highest BCUT2D eigenvalue weighted by molar-refractivity contribution is 7.08. The molecule has 0 saturated heterocycles. The van der Waals surface area contributed by atoms with Gasteiger partial charge in [0.05, 0.1) is 6.54 Å².